The van der Waals surface area contributed by atoms with Gasteiger partial charge in [0.05, 0.1) is 39.8 Å². The second kappa shape index (κ2) is 9.80. The molecule has 0 unspecified atom stereocenters. The molecule has 0 spiro atoms. The van der Waals surface area contributed by atoms with Gasteiger partial charge in [0.15, 0.2) is 11.5 Å². The molecule has 0 radical (unpaired) electrons. The van der Waals surface area contributed by atoms with Crippen molar-refractivity contribution in [3.63, 3.8) is 0 Å². The van der Waals surface area contributed by atoms with Gasteiger partial charge in [-0.05, 0) is 49.7 Å². The molecule has 0 aliphatic rings. The number of hydrazone groups is 1. The van der Waals surface area contributed by atoms with E-state index in [0.29, 0.717) is 34.9 Å². The molecule has 31 heavy (non-hydrogen) atoms. The minimum atomic E-state index is -0.307. The van der Waals surface area contributed by atoms with E-state index >= 15 is 0 Å². The van der Waals surface area contributed by atoms with Crippen LogP contribution in [0.5, 0.6) is 17.2 Å². The minimum Gasteiger partial charge on any atom is -0.493 e. The average molecular weight is 422 g/mol. The number of hydrogen-bond acceptors (Lipinski definition) is 6. The summed E-state index contributed by atoms with van der Waals surface area (Å²) in [6, 6.07) is 12.9. The first-order valence-electron chi connectivity index (χ1n) is 9.68. The molecule has 0 aliphatic carbocycles. The number of methoxy groups -OCH3 is 3. The number of ether oxygens (including phenoxy) is 3. The second-order valence-electron chi connectivity index (χ2n) is 6.94. The average Bonchev–Trinajstić information content (AvgIpc) is 3.09. The topological polar surface area (TPSA) is 87.0 Å². The molecule has 0 saturated heterocycles. The minimum absolute atomic E-state index is 0.307. The lowest BCUT2D eigenvalue weighted by Crippen LogP contribution is -2.18. The smallest absolute Gasteiger partial charge is 0.271 e. The Morgan fingerprint density at radius 3 is 2.35 bits per heavy atom. The van der Waals surface area contributed by atoms with E-state index in [2.05, 4.69) is 15.6 Å². The van der Waals surface area contributed by atoms with Gasteiger partial charge in [-0.25, -0.2) is 5.43 Å². The van der Waals surface area contributed by atoms with Crippen molar-refractivity contribution in [2.45, 2.75) is 20.4 Å². The molecule has 0 atom stereocenters. The van der Waals surface area contributed by atoms with Gasteiger partial charge in [-0.15, -0.1) is 0 Å². The highest BCUT2D eigenvalue weighted by atomic mass is 16.5. The van der Waals surface area contributed by atoms with Gasteiger partial charge >= 0.3 is 0 Å². The Hall–Kier alpha value is -3.81. The molecular formula is C23H26N4O4. The normalized spacial score (nSPS) is 10.9. The molecule has 1 amide bonds. The van der Waals surface area contributed by atoms with E-state index in [1.807, 2.05) is 42.8 Å². The monoisotopic (exact) mass is 422 g/mol. The fraction of sp³-hybridized carbons (Fsp3) is 0.261. The van der Waals surface area contributed by atoms with Crippen LogP contribution in [0, 0.1) is 13.8 Å². The Kier molecular flexibility index (Phi) is 6.92. The number of benzene rings is 2. The van der Waals surface area contributed by atoms with Gasteiger partial charge in [0.25, 0.3) is 5.91 Å². The van der Waals surface area contributed by atoms with Crippen molar-refractivity contribution in [2.24, 2.45) is 5.10 Å². The van der Waals surface area contributed by atoms with E-state index in [-0.39, 0.29) is 5.91 Å². The molecule has 0 fully saturated rings. The lowest BCUT2D eigenvalue weighted by atomic mass is 10.1. The van der Waals surface area contributed by atoms with E-state index in [4.69, 9.17) is 14.2 Å². The van der Waals surface area contributed by atoms with Gasteiger partial charge in [-0.1, -0.05) is 12.1 Å². The van der Waals surface area contributed by atoms with Crippen molar-refractivity contribution in [3.8, 4) is 17.2 Å². The van der Waals surface area contributed by atoms with Gasteiger partial charge < -0.3 is 14.2 Å². The first-order chi connectivity index (χ1) is 14.9. The standard InChI is InChI=1S/C23H26N4O4/c1-15-9-16(2)27(26-15)14-17-7-6-8-19(10-17)23(28)25-24-13-18-11-20(29-3)22(31-5)21(12-18)30-4/h6-13H,14H2,1-5H3,(H,25,28)/b24-13-. The summed E-state index contributed by atoms with van der Waals surface area (Å²) in [6.45, 7) is 4.56. The van der Waals surface area contributed by atoms with Crippen LogP contribution in [-0.4, -0.2) is 43.2 Å². The molecule has 2 aromatic carbocycles. The number of rotatable bonds is 8. The number of amides is 1. The maximum atomic E-state index is 12.5. The van der Waals surface area contributed by atoms with Crippen molar-refractivity contribution in [1.29, 1.82) is 0 Å². The maximum Gasteiger partial charge on any atom is 0.271 e. The molecule has 3 aromatic rings. The number of aryl methyl sites for hydroxylation is 2. The van der Waals surface area contributed by atoms with Crippen LogP contribution in [0.3, 0.4) is 0 Å². The number of nitrogens with one attached hydrogen (secondary N) is 1. The zero-order valence-corrected chi connectivity index (χ0v) is 18.3. The van der Waals surface area contributed by atoms with E-state index in [9.17, 15) is 4.79 Å². The van der Waals surface area contributed by atoms with Crippen molar-refractivity contribution in [1.82, 2.24) is 15.2 Å². The van der Waals surface area contributed by atoms with E-state index in [1.54, 1.807) is 32.4 Å². The summed E-state index contributed by atoms with van der Waals surface area (Å²) in [5.41, 5.74) is 6.77. The molecule has 8 heteroatoms. The first kappa shape index (κ1) is 21.9. The van der Waals surface area contributed by atoms with Crippen LogP contribution in [0.15, 0.2) is 47.6 Å². The molecule has 1 heterocycles. The van der Waals surface area contributed by atoms with Gasteiger partial charge in [0.2, 0.25) is 5.75 Å². The highest BCUT2D eigenvalue weighted by molar-refractivity contribution is 5.95. The molecule has 8 nitrogen and oxygen atoms in total. The Morgan fingerprint density at radius 1 is 1.06 bits per heavy atom. The molecule has 3 rings (SSSR count). The van der Waals surface area contributed by atoms with Crippen molar-refractivity contribution < 1.29 is 19.0 Å². The molecule has 0 bridgehead atoms. The summed E-state index contributed by atoms with van der Waals surface area (Å²) in [5, 5.41) is 8.53. The summed E-state index contributed by atoms with van der Waals surface area (Å²) in [4.78, 5) is 12.5. The van der Waals surface area contributed by atoms with Crippen LogP contribution in [0.25, 0.3) is 0 Å². The number of carbonyl (C=O) groups is 1. The van der Waals surface area contributed by atoms with Crippen molar-refractivity contribution >= 4 is 12.1 Å². The van der Waals surface area contributed by atoms with Crippen molar-refractivity contribution in [3.05, 3.63) is 70.5 Å². The zero-order chi connectivity index (χ0) is 22.4. The molecule has 0 aliphatic heterocycles. The van der Waals surface area contributed by atoms with Crippen LogP contribution in [-0.2, 0) is 6.54 Å². The van der Waals surface area contributed by atoms with E-state index < -0.39 is 0 Å². The van der Waals surface area contributed by atoms with E-state index in [0.717, 1.165) is 17.0 Å². The number of carbonyl (C=O) groups excluding carboxylic acids is 1. The third-order valence-corrected chi connectivity index (χ3v) is 4.69. The van der Waals surface area contributed by atoms with Crippen LogP contribution in [0.2, 0.25) is 0 Å². The van der Waals surface area contributed by atoms with Crippen LogP contribution < -0.4 is 19.6 Å². The highest BCUT2D eigenvalue weighted by Crippen LogP contribution is 2.37. The Morgan fingerprint density at radius 2 is 1.77 bits per heavy atom. The summed E-state index contributed by atoms with van der Waals surface area (Å²) in [6.07, 6.45) is 1.52. The molecule has 1 aromatic heterocycles. The molecule has 0 saturated carbocycles. The summed E-state index contributed by atoms with van der Waals surface area (Å²) >= 11 is 0. The fourth-order valence-corrected chi connectivity index (χ4v) is 3.22. The van der Waals surface area contributed by atoms with Crippen LogP contribution in [0.1, 0.15) is 32.9 Å². The van der Waals surface area contributed by atoms with Gasteiger partial charge in [0, 0.05) is 16.8 Å². The van der Waals surface area contributed by atoms with Crippen LogP contribution in [0.4, 0.5) is 0 Å². The Labute approximate surface area is 181 Å². The van der Waals surface area contributed by atoms with Gasteiger partial charge in [0.1, 0.15) is 0 Å². The van der Waals surface area contributed by atoms with E-state index in [1.165, 1.54) is 13.3 Å². The predicted molar refractivity (Wildman–Crippen MR) is 118 cm³/mol. The summed E-state index contributed by atoms with van der Waals surface area (Å²) < 4.78 is 17.9. The largest absolute Gasteiger partial charge is 0.493 e. The summed E-state index contributed by atoms with van der Waals surface area (Å²) in [7, 11) is 4.62. The molecular weight excluding hydrogens is 396 g/mol. The number of aromatic nitrogens is 2. The van der Waals surface area contributed by atoms with Gasteiger partial charge in [-0.2, -0.15) is 10.2 Å². The maximum absolute atomic E-state index is 12.5. The second-order valence-corrected chi connectivity index (χ2v) is 6.94. The van der Waals surface area contributed by atoms with Crippen LogP contribution >= 0.6 is 0 Å². The molecule has 1 N–H and O–H groups in total. The fourth-order valence-electron chi connectivity index (χ4n) is 3.22. The SMILES string of the molecule is COc1cc(/C=N\NC(=O)c2cccc(Cn3nc(C)cc3C)c2)cc(OC)c1OC. The Bertz CT molecular complexity index is 1080. The number of hydrogen-bond donors (Lipinski definition) is 1. The Balaban J connectivity index is 1.71. The zero-order valence-electron chi connectivity index (χ0n) is 18.3. The summed E-state index contributed by atoms with van der Waals surface area (Å²) in [5.74, 6) is 1.20. The third-order valence-electron chi connectivity index (χ3n) is 4.69. The predicted octanol–water partition coefficient (Wildman–Crippen LogP) is 3.34. The lowest BCUT2D eigenvalue weighted by molar-refractivity contribution is 0.0955. The van der Waals surface area contributed by atoms with Gasteiger partial charge in [-0.3, -0.25) is 9.48 Å². The van der Waals surface area contributed by atoms with Crippen molar-refractivity contribution in [2.75, 3.05) is 21.3 Å². The highest BCUT2D eigenvalue weighted by Gasteiger charge is 2.12. The molecule has 162 valence electrons. The lowest BCUT2D eigenvalue weighted by Gasteiger charge is -2.12. The first-order valence-corrected chi connectivity index (χ1v) is 9.68. The third kappa shape index (κ3) is 5.22. The number of nitrogens with zero attached hydrogens (tertiary/aromatic N) is 3. The quantitative estimate of drug-likeness (QED) is 0.444.